The van der Waals surface area contributed by atoms with E-state index in [1.54, 1.807) is 24.3 Å². The largest absolute Gasteiger partial charge is 0.484 e. The number of ether oxygens (including phenoxy) is 1. The van der Waals surface area contributed by atoms with Crippen molar-refractivity contribution < 1.29 is 14.3 Å². The number of hydrogen-bond acceptors (Lipinski definition) is 3. The van der Waals surface area contributed by atoms with E-state index in [0.29, 0.717) is 17.9 Å². The second-order valence-corrected chi connectivity index (χ2v) is 4.96. The van der Waals surface area contributed by atoms with Gasteiger partial charge in [0.1, 0.15) is 5.75 Å². The zero-order chi connectivity index (χ0) is 15.8. The number of benzene rings is 2. The van der Waals surface area contributed by atoms with Crippen LogP contribution in [0.3, 0.4) is 0 Å². The fraction of sp³-hybridized carbons (Fsp3) is 0.222. The Morgan fingerprint density at radius 2 is 1.82 bits per heavy atom. The fourth-order valence-electron chi connectivity index (χ4n) is 2.00. The zero-order valence-electron chi connectivity index (χ0n) is 12.5. The van der Waals surface area contributed by atoms with Crippen LogP contribution in [0, 0.1) is 0 Å². The van der Waals surface area contributed by atoms with Crippen molar-refractivity contribution in [1.82, 2.24) is 5.32 Å². The molecule has 0 fully saturated rings. The lowest BCUT2D eigenvalue weighted by Gasteiger charge is -2.08. The minimum atomic E-state index is -0.177. The molecule has 0 saturated carbocycles. The summed E-state index contributed by atoms with van der Waals surface area (Å²) in [5.74, 6) is 0.313. The minimum absolute atomic E-state index is 0.0298. The Balaban J connectivity index is 1.73. The summed E-state index contributed by atoms with van der Waals surface area (Å²) < 4.78 is 5.40. The molecule has 4 heteroatoms. The number of ketones is 1. The Morgan fingerprint density at radius 3 is 2.55 bits per heavy atom. The first-order valence-corrected chi connectivity index (χ1v) is 7.19. The van der Waals surface area contributed by atoms with Crippen molar-refractivity contribution in [2.24, 2.45) is 0 Å². The lowest BCUT2D eigenvalue weighted by atomic mass is 10.1. The number of hydrogen-bond donors (Lipinski definition) is 1. The third-order valence-corrected chi connectivity index (χ3v) is 3.19. The predicted octanol–water partition coefficient (Wildman–Crippen LogP) is 2.63. The van der Waals surface area contributed by atoms with Crippen LogP contribution in [0.1, 0.15) is 22.8 Å². The van der Waals surface area contributed by atoms with Crippen LogP contribution in [0.4, 0.5) is 0 Å². The van der Waals surface area contributed by atoms with Crippen LogP contribution >= 0.6 is 0 Å². The number of carbonyl (C=O) groups excluding carboxylic acids is 2. The van der Waals surface area contributed by atoms with Gasteiger partial charge in [-0.1, -0.05) is 42.5 Å². The first-order valence-electron chi connectivity index (χ1n) is 7.19. The summed E-state index contributed by atoms with van der Waals surface area (Å²) >= 11 is 0. The van der Waals surface area contributed by atoms with E-state index in [4.69, 9.17) is 4.74 Å². The Kier molecular flexibility index (Phi) is 5.72. The van der Waals surface area contributed by atoms with Gasteiger partial charge >= 0.3 is 0 Å². The molecule has 0 heterocycles. The quantitative estimate of drug-likeness (QED) is 0.799. The molecular formula is C18H19NO3. The van der Waals surface area contributed by atoms with E-state index in [0.717, 1.165) is 6.42 Å². The maximum atomic E-state index is 11.7. The van der Waals surface area contributed by atoms with E-state index in [-0.39, 0.29) is 18.3 Å². The molecule has 1 N–H and O–H groups in total. The number of amides is 1. The van der Waals surface area contributed by atoms with Crippen LogP contribution in [-0.2, 0) is 11.2 Å². The Morgan fingerprint density at radius 1 is 1.05 bits per heavy atom. The molecule has 0 aliphatic rings. The molecule has 0 saturated heterocycles. The smallest absolute Gasteiger partial charge is 0.257 e. The van der Waals surface area contributed by atoms with Gasteiger partial charge in [-0.05, 0) is 31.0 Å². The molecule has 0 atom stereocenters. The van der Waals surface area contributed by atoms with Crippen molar-refractivity contribution in [2.45, 2.75) is 13.3 Å². The second kappa shape index (κ2) is 7.98. The molecule has 0 aliphatic carbocycles. The van der Waals surface area contributed by atoms with Gasteiger partial charge in [0.25, 0.3) is 5.91 Å². The summed E-state index contributed by atoms with van der Waals surface area (Å²) in [5.41, 5.74) is 1.75. The van der Waals surface area contributed by atoms with E-state index in [2.05, 4.69) is 5.32 Å². The second-order valence-electron chi connectivity index (χ2n) is 4.96. The van der Waals surface area contributed by atoms with Gasteiger partial charge in [-0.2, -0.15) is 0 Å². The van der Waals surface area contributed by atoms with Gasteiger partial charge < -0.3 is 10.1 Å². The van der Waals surface area contributed by atoms with Crippen molar-refractivity contribution in [2.75, 3.05) is 13.2 Å². The van der Waals surface area contributed by atoms with Crippen molar-refractivity contribution in [3.63, 3.8) is 0 Å². The van der Waals surface area contributed by atoms with Gasteiger partial charge in [0.05, 0.1) is 0 Å². The van der Waals surface area contributed by atoms with Gasteiger partial charge in [-0.3, -0.25) is 9.59 Å². The highest BCUT2D eigenvalue weighted by molar-refractivity contribution is 5.94. The minimum Gasteiger partial charge on any atom is -0.484 e. The van der Waals surface area contributed by atoms with E-state index < -0.39 is 0 Å². The summed E-state index contributed by atoms with van der Waals surface area (Å²) in [6.45, 7) is 2.01. The van der Waals surface area contributed by atoms with Crippen LogP contribution in [0.5, 0.6) is 5.75 Å². The molecule has 114 valence electrons. The topological polar surface area (TPSA) is 55.4 Å². The van der Waals surface area contributed by atoms with Crippen LogP contribution < -0.4 is 10.1 Å². The summed E-state index contributed by atoms with van der Waals surface area (Å²) in [6.07, 6.45) is 0.784. The highest BCUT2D eigenvalue weighted by atomic mass is 16.5. The maximum Gasteiger partial charge on any atom is 0.257 e. The van der Waals surface area contributed by atoms with E-state index in [1.165, 1.54) is 12.5 Å². The van der Waals surface area contributed by atoms with Gasteiger partial charge in [-0.25, -0.2) is 0 Å². The average molecular weight is 297 g/mol. The van der Waals surface area contributed by atoms with Crippen molar-refractivity contribution in [1.29, 1.82) is 0 Å². The lowest BCUT2D eigenvalue weighted by Crippen LogP contribution is -2.30. The molecule has 0 unspecified atom stereocenters. The third-order valence-electron chi connectivity index (χ3n) is 3.19. The summed E-state index contributed by atoms with van der Waals surface area (Å²) in [7, 11) is 0. The SMILES string of the molecule is CC(=O)c1cccc(OCC(=O)NCCc2ccccc2)c1. The molecule has 22 heavy (non-hydrogen) atoms. The molecule has 0 spiro atoms. The standard InChI is InChI=1S/C18H19NO3/c1-14(20)16-8-5-9-17(12-16)22-13-18(21)19-11-10-15-6-3-2-4-7-15/h2-9,12H,10-11,13H2,1H3,(H,19,21). The van der Waals surface area contributed by atoms with E-state index in [1.807, 2.05) is 30.3 Å². The molecule has 2 aromatic carbocycles. The number of carbonyl (C=O) groups is 2. The molecular weight excluding hydrogens is 278 g/mol. The van der Waals surface area contributed by atoms with Crippen LogP contribution in [-0.4, -0.2) is 24.8 Å². The van der Waals surface area contributed by atoms with Crippen molar-refractivity contribution >= 4 is 11.7 Å². The summed E-state index contributed by atoms with van der Waals surface area (Å²) in [4.78, 5) is 23.0. The lowest BCUT2D eigenvalue weighted by molar-refractivity contribution is -0.123. The fourth-order valence-corrected chi connectivity index (χ4v) is 2.00. The average Bonchev–Trinajstić information content (AvgIpc) is 2.54. The maximum absolute atomic E-state index is 11.7. The molecule has 0 bridgehead atoms. The van der Waals surface area contributed by atoms with Gasteiger partial charge in [0.15, 0.2) is 12.4 Å². The molecule has 2 rings (SSSR count). The van der Waals surface area contributed by atoms with E-state index >= 15 is 0 Å². The van der Waals surface area contributed by atoms with E-state index in [9.17, 15) is 9.59 Å². The predicted molar refractivity (Wildman–Crippen MR) is 85.1 cm³/mol. The third kappa shape index (κ3) is 5.05. The van der Waals surface area contributed by atoms with Gasteiger partial charge in [-0.15, -0.1) is 0 Å². The Labute approximate surface area is 130 Å². The summed E-state index contributed by atoms with van der Waals surface area (Å²) in [6, 6.07) is 16.8. The summed E-state index contributed by atoms with van der Waals surface area (Å²) in [5, 5.41) is 2.81. The zero-order valence-corrected chi connectivity index (χ0v) is 12.5. The Hall–Kier alpha value is -2.62. The number of Topliss-reactive ketones (excluding diaryl/α,β-unsaturated/α-hetero) is 1. The molecule has 0 aromatic heterocycles. The van der Waals surface area contributed by atoms with Gasteiger partial charge in [0, 0.05) is 12.1 Å². The molecule has 0 aliphatic heterocycles. The highest BCUT2D eigenvalue weighted by Crippen LogP contribution is 2.13. The van der Waals surface area contributed by atoms with Crippen LogP contribution in [0.2, 0.25) is 0 Å². The normalized spacial score (nSPS) is 10.0. The van der Waals surface area contributed by atoms with Crippen molar-refractivity contribution in [3.8, 4) is 5.75 Å². The highest BCUT2D eigenvalue weighted by Gasteiger charge is 2.04. The van der Waals surface area contributed by atoms with Crippen LogP contribution in [0.15, 0.2) is 54.6 Å². The molecule has 2 aromatic rings. The first-order chi connectivity index (χ1) is 10.6. The molecule has 4 nitrogen and oxygen atoms in total. The van der Waals surface area contributed by atoms with Gasteiger partial charge in [0.2, 0.25) is 0 Å². The Bertz CT molecular complexity index is 638. The molecule has 1 amide bonds. The monoisotopic (exact) mass is 297 g/mol. The number of nitrogens with one attached hydrogen (secondary N) is 1. The van der Waals surface area contributed by atoms with Crippen molar-refractivity contribution in [3.05, 3.63) is 65.7 Å². The molecule has 0 radical (unpaired) electrons. The van der Waals surface area contributed by atoms with Crippen LogP contribution in [0.25, 0.3) is 0 Å². The number of rotatable bonds is 7. The first kappa shape index (κ1) is 15.8.